The van der Waals surface area contributed by atoms with E-state index in [1.54, 1.807) is 0 Å². The molecule has 3 N–H and O–H groups in total. The molecule has 1 saturated carbocycles. The molecule has 2 heterocycles. The quantitative estimate of drug-likeness (QED) is 0.474. The van der Waals surface area contributed by atoms with Gasteiger partial charge in [-0.05, 0) is 55.5 Å². The highest BCUT2D eigenvalue weighted by atomic mass is 16.7. The number of carbonyl (C=O) groups is 2. The number of carboxylic acid groups (broad SMARTS) is 2. The Hall–Kier alpha value is -3.76. The van der Waals surface area contributed by atoms with E-state index in [1.165, 1.54) is 5.56 Å². The molecule has 1 fully saturated rings. The molecule has 2 aromatic carbocycles. The van der Waals surface area contributed by atoms with Crippen LogP contribution in [0.2, 0.25) is 0 Å². The van der Waals surface area contributed by atoms with E-state index in [0.29, 0.717) is 31.6 Å². The van der Waals surface area contributed by atoms with Crippen LogP contribution >= 0.6 is 0 Å². The van der Waals surface area contributed by atoms with Crippen LogP contribution in [0.1, 0.15) is 31.2 Å². The monoisotopic (exact) mass is 513 g/mol. The summed E-state index contributed by atoms with van der Waals surface area (Å²) in [4.78, 5) is 19.1. The van der Waals surface area contributed by atoms with Gasteiger partial charge in [0.2, 0.25) is 6.79 Å². The van der Waals surface area contributed by atoms with E-state index >= 15 is 0 Å². The molecular formula is C27H31NO9. The molecular weight excluding hydrogens is 482 g/mol. The summed E-state index contributed by atoms with van der Waals surface area (Å²) in [6.45, 7) is 1.65. The smallest absolute Gasteiger partial charge is 0.328 e. The molecule has 0 amide bonds. The van der Waals surface area contributed by atoms with Crippen LogP contribution in [0.4, 0.5) is 0 Å². The molecule has 2 aromatic rings. The maximum absolute atomic E-state index is 9.55. The van der Waals surface area contributed by atoms with Gasteiger partial charge in [0.1, 0.15) is 12.7 Å². The van der Waals surface area contributed by atoms with Gasteiger partial charge in [-0.3, -0.25) is 0 Å². The number of aliphatic carboxylic acids is 2. The molecule has 0 aromatic heterocycles. The number of hydrogen-bond acceptors (Lipinski definition) is 8. The van der Waals surface area contributed by atoms with Gasteiger partial charge in [0.15, 0.2) is 23.0 Å². The maximum atomic E-state index is 9.55. The molecule has 0 radical (unpaired) electrons. The highest BCUT2D eigenvalue weighted by molar-refractivity contribution is 5.89. The van der Waals surface area contributed by atoms with Crippen molar-refractivity contribution in [3.63, 3.8) is 0 Å². The van der Waals surface area contributed by atoms with Gasteiger partial charge in [0, 0.05) is 31.8 Å². The van der Waals surface area contributed by atoms with Gasteiger partial charge in [0.25, 0.3) is 0 Å². The summed E-state index contributed by atoms with van der Waals surface area (Å²) < 4.78 is 28.9. The van der Waals surface area contributed by atoms with E-state index in [4.69, 9.17) is 33.9 Å². The number of hydrogen-bond donors (Lipinski definition) is 3. The van der Waals surface area contributed by atoms with Gasteiger partial charge in [-0.2, -0.15) is 0 Å². The minimum absolute atomic E-state index is 0.0351. The summed E-state index contributed by atoms with van der Waals surface area (Å²) in [5, 5.41) is 19.3. The van der Waals surface area contributed by atoms with Gasteiger partial charge >= 0.3 is 11.9 Å². The van der Waals surface area contributed by atoms with Crippen molar-refractivity contribution in [3.8, 4) is 23.0 Å². The normalized spacial score (nSPS) is 23.7. The van der Waals surface area contributed by atoms with Crippen molar-refractivity contribution in [3.05, 3.63) is 60.2 Å². The van der Waals surface area contributed by atoms with Gasteiger partial charge in [-0.15, -0.1) is 0 Å². The van der Waals surface area contributed by atoms with Crippen LogP contribution in [0.3, 0.4) is 0 Å². The van der Waals surface area contributed by atoms with E-state index in [0.717, 1.165) is 55.2 Å². The van der Waals surface area contributed by atoms with Crippen molar-refractivity contribution < 1.29 is 43.5 Å². The van der Waals surface area contributed by atoms with E-state index in [-0.39, 0.29) is 11.7 Å². The molecule has 10 nitrogen and oxygen atoms in total. The largest absolute Gasteiger partial charge is 0.486 e. The summed E-state index contributed by atoms with van der Waals surface area (Å²) in [5.41, 5.74) is 0.908. The molecule has 1 unspecified atom stereocenters. The zero-order chi connectivity index (χ0) is 26.3. The van der Waals surface area contributed by atoms with Crippen molar-refractivity contribution in [1.82, 2.24) is 5.32 Å². The van der Waals surface area contributed by atoms with Crippen LogP contribution < -0.4 is 24.3 Å². The first-order chi connectivity index (χ1) is 17.9. The van der Waals surface area contributed by atoms with Gasteiger partial charge in [-0.1, -0.05) is 18.2 Å². The zero-order valence-corrected chi connectivity index (χ0v) is 20.6. The lowest BCUT2D eigenvalue weighted by Crippen LogP contribution is -2.46. The third-order valence-electron chi connectivity index (χ3n) is 6.65. The lowest BCUT2D eigenvalue weighted by Gasteiger charge is -2.40. The van der Waals surface area contributed by atoms with Crippen LogP contribution in [-0.4, -0.2) is 61.4 Å². The van der Waals surface area contributed by atoms with E-state index in [9.17, 15) is 9.59 Å². The molecule has 0 saturated heterocycles. The topological polar surface area (TPSA) is 133 Å². The highest BCUT2D eigenvalue weighted by Crippen LogP contribution is 2.44. The van der Waals surface area contributed by atoms with Crippen molar-refractivity contribution in [2.75, 3.05) is 27.1 Å². The predicted octanol–water partition coefficient (Wildman–Crippen LogP) is 3.34. The SMILES string of the molecule is COC1(c2ccc3c(c2)OCO3)CCC(NCC2COc3ccccc3O2)CC1.O=C(O)C=CC(=O)O. The summed E-state index contributed by atoms with van der Waals surface area (Å²) in [5.74, 6) is 0.769. The van der Waals surface area contributed by atoms with Gasteiger partial charge in [0.05, 0.1) is 5.60 Å². The number of methoxy groups -OCH3 is 1. The number of rotatable bonds is 7. The first-order valence-electron chi connectivity index (χ1n) is 12.1. The van der Waals surface area contributed by atoms with Crippen molar-refractivity contribution in [2.45, 2.75) is 43.4 Å². The molecule has 5 rings (SSSR count). The second-order valence-corrected chi connectivity index (χ2v) is 8.96. The molecule has 1 atom stereocenters. The lowest BCUT2D eigenvalue weighted by molar-refractivity contribution is -0.134. The second-order valence-electron chi connectivity index (χ2n) is 8.96. The Morgan fingerprint density at radius 3 is 2.30 bits per heavy atom. The average molecular weight is 514 g/mol. The number of benzene rings is 2. The maximum Gasteiger partial charge on any atom is 0.328 e. The van der Waals surface area contributed by atoms with Crippen LogP contribution in [0.15, 0.2) is 54.6 Å². The number of ether oxygens (including phenoxy) is 5. The summed E-state index contributed by atoms with van der Waals surface area (Å²) in [6.07, 6.45) is 5.17. The Balaban J connectivity index is 0.000000349. The minimum Gasteiger partial charge on any atom is -0.486 e. The average Bonchev–Trinajstić information content (AvgIpc) is 3.39. The third kappa shape index (κ3) is 6.72. The molecule has 3 aliphatic rings. The number of carboxylic acids is 2. The Bertz CT molecular complexity index is 1110. The Labute approximate surface area is 214 Å². The molecule has 2 aliphatic heterocycles. The fraction of sp³-hybridized carbons (Fsp3) is 0.407. The molecule has 0 spiro atoms. The summed E-state index contributed by atoms with van der Waals surface area (Å²) >= 11 is 0. The minimum atomic E-state index is -1.26. The third-order valence-corrected chi connectivity index (χ3v) is 6.65. The van der Waals surface area contributed by atoms with Crippen molar-refractivity contribution in [2.24, 2.45) is 0 Å². The van der Waals surface area contributed by atoms with Crippen LogP contribution in [0.25, 0.3) is 0 Å². The fourth-order valence-electron chi connectivity index (χ4n) is 4.68. The second kappa shape index (κ2) is 12.0. The predicted molar refractivity (Wildman–Crippen MR) is 132 cm³/mol. The molecule has 37 heavy (non-hydrogen) atoms. The number of fused-ring (bicyclic) bond motifs is 2. The summed E-state index contributed by atoms with van der Waals surface area (Å²) in [6, 6.07) is 14.5. The lowest BCUT2D eigenvalue weighted by atomic mass is 9.77. The Morgan fingerprint density at radius 1 is 0.973 bits per heavy atom. The number of para-hydroxylation sites is 2. The van der Waals surface area contributed by atoms with Gasteiger partial charge < -0.3 is 39.2 Å². The molecule has 1 aliphatic carbocycles. The standard InChI is InChI=1S/C23H27NO5.C4H4O4/c1-25-23(16-6-7-20-22(12-16)28-15-27-20)10-8-17(9-11-23)24-13-18-14-26-19-4-2-3-5-21(19)29-18;5-3(6)1-2-4(7)8/h2-7,12,17-18,24H,8-11,13-15H2,1H3;1-2H,(H,5,6)(H,7,8). The summed E-state index contributed by atoms with van der Waals surface area (Å²) in [7, 11) is 1.81. The van der Waals surface area contributed by atoms with Gasteiger partial charge in [-0.25, -0.2) is 9.59 Å². The van der Waals surface area contributed by atoms with Crippen LogP contribution in [-0.2, 0) is 19.9 Å². The molecule has 0 bridgehead atoms. The van der Waals surface area contributed by atoms with Crippen molar-refractivity contribution in [1.29, 1.82) is 0 Å². The Morgan fingerprint density at radius 2 is 1.62 bits per heavy atom. The van der Waals surface area contributed by atoms with Crippen molar-refractivity contribution >= 4 is 11.9 Å². The Kier molecular flexibility index (Phi) is 8.52. The zero-order valence-electron chi connectivity index (χ0n) is 20.6. The number of nitrogens with one attached hydrogen (secondary N) is 1. The van der Waals surface area contributed by atoms with E-state index < -0.39 is 11.9 Å². The fourth-order valence-corrected chi connectivity index (χ4v) is 4.68. The molecule has 198 valence electrons. The van der Waals surface area contributed by atoms with E-state index in [1.807, 2.05) is 37.4 Å². The highest BCUT2D eigenvalue weighted by Gasteiger charge is 2.38. The molecule has 10 heteroatoms. The first kappa shape index (κ1) is 26.3. The van der Waals surface area contributed by atoms with E-state index in [2.05, 4.69) is 17.4 Å². The van der Waals surface area contributed by atoms with Crippen LogP contribution in [0.5, 0.6) is 23.0 Å². The van der Waals surface area contributed by atoms with Crippen LogP contribution in [0, 0.1) is 0 Å². The first-order valence-corrected chi connectivity index (χ1v) is 12.1.